The normalized spacial score (nSPS) is 36.6. The number of hydrogen-bond donors (Lipinski definition) is 5. The van der Waals surface area contributed by atoms with Crippen molar-refractivity contribution in [2.45, 2.75) is 49.3 Å². The van der Waals surface area contributed by atoms with Crippen LogP contribution in [0.25, 0.3) is 16.8 Å². The molecule has 44 heavy (non-hydrogen) atoms. The summed E-state index contributed by atoms with van der Waals surface area (Å²) in [7, 11) is 0. The number of fused-ring (bicyclic) bond motifs is 5. The first-order valence-corrected chi connectivity index (χ1v) is 18.1. The van der Waals surface area contributed by atoms with Crippen molar-refractivity contribution in [1.82, 2.24) is 39.1 Å². The van der Waals surface area contributed by atoms with Crippen molar-refractivity contribution in [2.24, 2.45) is 0 Å². The number of aromatic nitrogens is 8. The first-order chi connectivity index (χ1) is 20.9. The lowest BCUT2D eigenvalue weighted by Gasteiger charge is -2.27. The Morgan fingerprint density at radius 1 is 1.11 bits per heavy atom. The number of ether oxygens (including phenoxy) is 2. The molecule has 0 radical (unpaired) electrons. The summed E-state index contributed by atoms with van der Waals surface area (Å²) in [6.45, 7) is -9.41. The fourth-order valence-electron chi connectivity index (χ4n) is 5.27. The highest BCUT2D eigenvalue weighted by molar-refractivity contribution is 8.44. The number of nitrogens with zero attached hydrogens (tertiary/aromatic N) is 7. The van der Waals surface area contributed by atoms with Gasteiger partial charge in [-0.2, -0.15) is 14.6 Å². The Hall–Kier alpha value is -2.62. The third-order valence-corrected chi connectivity index (χ3v) is 10.4. The number of imidazole rings is 1. The number of anilines is 2. The monoisotopic (exact) mass is 692 g/mol. The molecule has 2 unspecified atom stereocenters. The summed E-state index contributed by atoms with van der Waals surface area (Å²) in [6, 6.07) is 0. The molecule has 0 spiro atoms. The number of rotatable bonds is 2. The van der Waals surface area contributed by atoms with E-state index in [4.69, 9.17) is 50.8 Å². The third kappa shape index (κ3) is 5.43. The van der Waals surface area contributed by atoms with E-state index < -0.39 is 75.2 Å². The lowest BCUT2D eigenvalue weighted by Crippen LogP contribution is -2.32. The Kier molecular flexibility index (Phi) is 7.53. The Labute approximate surface area is 255 Å². The molecule has 6 N–H and O–H groups in total. The van der Waals surface area contributed by atoms with Gasteiger partial charge >= 0.3 is 13.5 Å². The molecule has 3 aliphatic heterocycles. The lowest BCUT2D eigenvalue weighted by molar-refractivity contribution is -0.0536. The summed E-state index contributed by atoms with van der Waals surface area (Å²) in [6.07, 6.45) is -5.01. The number of hydrogen-bond acceptors (Lipinski definition) is 16. The molecule has 9 atom stereocenters. The van der Waals surface area contributed by atoms with Crippen molar-refractivity contribution in [2.75, 3.05) is 24.7 Å². The van der Waals surface area contributed by atoms with Crippen LogP contribution in [0.2, 0.25) is 0 Å². The van der Waals surface area contributed by atoms with Gasteiger partial charge in [-0.05, 0) is 11.8 Å². The minimum atomic E-state index is -4.21. The number of nitrogens with two attached hydrogens (primary N) is 2. The quantitative estimate of drug-likeness (QED) is 0.142. The summed E-state index contributed by atoms with van der Waals surface area (Å²) in [4.78, 5) is 41.8. The van der Waals surface area contributed by atoms with Gasteiger partial charge < -0.3 is 30.4 Å². The standard InChI is InChI=1S/C20H23FN10O9P2S2/c21-12-11-4-36-41(33,43)39-9-1-8(7-2-27-31-15(7)24-5-25-20(31)23)37-10(9)3-35-42(34,44)40-14(12)18(38-11)30-6-26-13-16(30)28-19(22)29-17(13)32/h2,5-6,8-12,14,18H,1,3-4H2,(H,33,43)(H,34,44)(H2,23,24,25)(H3,22,28,29,32)/t8-,9+,10-,11-,12-,14-,18-,41?,42?/m1/s1. The minimum Gasteiger partial charge on any atom is -0.369 e. The van der Waals surface area contributed by atoms with Crippen molar-refractivity contribution in [1.29, 1.82) is 0 Å². The molecule has 19 nitrogen and oxygen atoms in total. The summed E-state index contributed by atoms with van der Waals surface area (Å²) in [5, 5.41) is 4.18. The Bertz CT molecular complexity index is 1910. The zero-order chi connectivity index (χ0) is 31.0. The SMILES string of the molecule is Nc1nc2c(ncn2[C@@H]2O[C@@H]3COP(=O)(S)O[C@H]4C[C@H](c5cnn6c(N)ncnc56)O[C@@H]4COP(O)(=S)O[C@@H]2[C@@H]3F)c(=O)[nH]1. The zero-order valence-electron chi connectivity index (χ0n) is 22.0. The van der Waals surface area contributed by atoms with Gasteiger partial charge in [0.2, 0.25) is 11.9 Å². The van der Waals surface area contributed by atoms with Crippen LogP contribution < -0.4 is 17.0 Å². The van der Waals surface area contributed by atoms with Crippen LogP contribution >= 0.6 is 25.8 Å². The maximum atomic E-state index is 15.8. The van der Waals surface area contributed by atoms with Gasteiger partial charge in [0.1, 0.15) is 24.6 Å². The van der Waals surface area contributed by atoms with Crippen LogP contribution in [0.1, 0.15) is 24.3 Å². The molecule has 24 heteroatoms. The number of nitrogens with one attached hydrogen (secondary N) is 1. The van der Waals surface area contributed by atoms with Gasteiger partial charge in [-0.3, -0.25) is 27.9 Å². The molecule has 7 rings (SSSR count). The van der Waals surface area contributed by atoms with Crippen LogP contribution in [0.15, 0.2) is 23.6 Å². The van der Waals surface area contributed by atoms with E-state index in [-0.39, 0.29) is 29.5 Å². The number of thiol groups is 1. The van der Waals surface area contributed by atoms with Crippen molar-refractivity contribution < 1.29 is 41.4 Å². The predicted molar refractivity (Wildman–Crippen MR) is 154 cm³/mol. The number of halogens is 1. The highest BCUT2D eigenvalue weighted by atomic mass is 32.7. The molecule has 0 aromatic carbocycles. The molecule has 236 valence electrons. The topological polar surface area (TPSA) is 251 Å². The van der Waals surface area contributed by atoms with Crippen molar-refractivity contribution in [3.8, 4) is 0 Å². The molecule has 2 bridgehead atoms. The van der Waals surface area contributed by atoms with E-state index >= 15 is 4.39 Å². The molecule has 3 fully saturated rings. The highest BCUT2D eigenvalue weighted by Crippen LogP contribution is 2.58. The van der Waals surface area contributed by atoms with Gasteiger partial charge in [-0.25, -0.2) is 23.9 Å². The summed E-state index contributed by atoms with van der Waals surface area (Å²) < 4.78 is 66.1. The Balaban J connectivity index is 1.19. The number of alkyl halides is 1. The van der Waals surface area contributed by atoms with E-state index in [2.05, 4.69) is 42.3 Å². The van der Waals surface area contributed by atoms with Gasteiger partial charge in [0.25, 0.3) is 5.56 Å². The highest BCUT2D eigenvalue weighted by Gasteiger charge is 2.52. The summed E-state index contributed by atoms with van der Waals surface area (Å²) in [5.41, 5.74) is 11.7. The van der Waals surface area contributed by atoms with Crippen molar-refractivity contribution in [3.05, 3.63) is 34.8 Å². The average Bonchev–Trinajstić information content (AvgIpc) is 3.72. The average molecular weight is 693 g/mol. The molecule has 0 aliphatic carbocycles. The molecule has 3 saturated heterocycles. The van der Waals surface area contributed by atoms with Crippen molar-refractivity contribution in [3.63, 3.8) is 0 Å². The van der Waals surface area contributed by atoms with E-state index in [0.717, 1.165) is 6.33 Å². The smallest absolute Gasteiger partial charge is 0.369 e. The number of H-pyrrole nitrogens is 1. The third-order valence-electron chi connectivity index (χ3n) is 7.22. The van der Waals surface area contributed by atoms with Crippen LogP contribution in [-0.2, 0) is 43.9 Å². The van der Waals surface area contributed by atoms with Crippen LogP contribution in [0.3, 0.4) is 0 Å². The fraction of sp³-hybridized carbons (Fsp3) is 0.500. The first-order valence-electron chi connectivity index (χ1n) is 12.8. The maximum absolute atomic E-state index is 15.8. The summed E-state index contributed by atoms with van der Waals surface area (Å²) >= 11 is 9.31. The van der Waals surface area contributed by atoms with Crippen LogP contribution in [0.4, 0.5) is 16.3 Å². The van der Waals surface area contributed by atoms with Gasteiger partial charge in [0, 0.05) is 12.0 Å². The number of aromatic amines is 1. The second kappa shape index (κ2) is 11.0. The second-order valence-electron chi connectivity index (χ2n) is 9.99. The Morgan fingerprint density at radius 3 is 2.73 bits per heavy atom. The summed E-state index contributed by atoms with van der Waals surface area (Å²) in [5.74, 6) is -0.129. The van der Waals surface area contributed by atoms with E-state index in [9.17, 15) is 14.3 Å². The molecule has 0 amide bonds. The van der Waals surface area contributed by atoms with Gasteiger partial charge in [0.15, 0.2) is 29.2 Å². The van der Waals surface area contributed by atoms with Gasteiger partial charge in [-0.1, -0.05) is 12.2 Å². The lowest BCUT2D eigenvalue weighted by atomic mass is 10.1. The molecule has 7 heterocycles. The molecule has 4 aromatic heterocycles. The van der Waals surface area contributed by atoms with Crippen LogP contribution in [0.5, 0.6) is 0 Å². The van der Waals surface area contributed by atoms with Gasteiger partial charge in [-0.15, -0.1) is 0 Å². The van der Waals surface area contributed by atoms with E-state index in [1.165, 1.54) is 21.6 Å². The number of nitrogen functional groups attached to an aromatic ring is 2. The molecule has 0 saturated carbocycles. The predicted octanol–water partition coefficient (Wildman–Crippen LogP) is 0.559. The second-order valence-corrected chi connectivity index (χ2v) is 15.7. The van der Waals surface area contributed by atoms with Gasteiger partial charge in [0.05, 0.1) is 37.9 Å². The largest absolute Gasteiger partial charge is 0.386 e. The Morgan fingerprint density at radius 2 is 1.91 bits per heavy atom. The first kappa shape index (κ1) is 30.1. The van der Waals surface area contributed by atoms with E-state index in [1.54, 1.807) is 0 Å². The van der Waals surface area contributed by atoms with Crippen LogP contribution in [0, 0.1) is 0 Å². The molecule has 3 aliphatic rings. The maximum Gasteiger partial charge on any atom is 0.386 e. The fourth-order valence-corrected chi connectivity index (χ4v) is 8.20. The van der Waals surface area contributed by atoms with E-state index in [1.807, 2.05) is 0 Å². The minimum absolute atomic E-state index is 0.0527. The van der Waals surface area contributed by atoms with Crippen LogP contribution in [-0.4, -0.2) is 87.8 Å². The van der Waals surface area contributed by atoms with E-state index in [0.29, 0.717) is 11.2 Å². The zero-order valence-corrected chi connectivity index (χ0v) is 25.5. The molecular weight excluding hydrogens is 669 g/mol. The molecular formula is C20H23FN10O9P2S2. The molecule has 4 aromatic rings. The van der Waals surface area contributed by atoms with Crippen molar-refractivity contribution >= 4 is 66.3 Å².